The number of anilines is 2. The molecule has 1 aliphatic heterocycles. The quantitative estimate of drug-likeness (QED) is 0.531. The molecule has 1 aromatic heterocycles. The van der Waals surface area contributed by atoms with Crippen LogP contribution in [0.15, 0.2) is 11.0 Å². The summed E-state index contributed by atoms with van der Waals surface area (Å²) in [6, 6.07) is -0.407. The maximum absolute atomic E-state index is 15.5. The maximum atomic E-state index is 15.5. The molecule has 11 heteroatoms. The van der Waals surface area contributed by atoms with Crippen LogP contribution in [-0.2, 0) is 6.18 Å². The Labute approximate surface area is 181 Å². The highest BCUT2D eigenvalue weighted by Crippen LogP contribution is 2.48. The van der Waals surface area contributed by atoms with Crippen molar-refractivity contribution >= 4 is 28.2 Å². The van der Waals surface area contributed by atoms with E-state index in [1.54, 1.807) is 0 Å². The van der Waals surface area contributed by atoms with Crippen molar-refractivity contribution in [2.24, 2.45) is 5.92 Å². The van der Waals surface area contributed by atoms with Crippen molar-refractivity contribution in [2.45, 2.75) is 31.5 Å². The van der Waals surface area contributed by atoms with Crippen molar-refractivity contribution in [2.75, 3.05) is 44.4 Å². The highest BCUT2D eigenvalue weighted by Gasteiger charge is 2.44. The van der Waals surface area contributed by atoms with Crippen molar-refractivity contribution in [3.8, 4) is 0 Å². The molecule has 1 unspecified atom stereocenters. The van der Waals surface area contributed by atoms with E-state index >= 15 is 4.39 Å². The van der Waals surface area contributed by atoms with Crippen LogP contribution in [0, 0.1) is 11.7 Å². The SMILES string of the molecule is CN(C)CC1CCN(c2c(F)c(N)c3c(=O)c(C(=O)O)cn(C4CC4)c3c2C(F)(F)F)C1. The second-order valence-corrected chi connectivity index (χ2v) is 8.85. The van der Waals surface area contributed by atoms with Crippen molar-refractivity contribution < 1.29 is 27.5 Å². The van der Waals surface area contributed by atoms with E-state index in [4.69, 9.17) is 5.73 Å². The number of aromatic nitrogens is 1. The number of pyridine rings is 1. The zero-order chi connectivity index (χ0) is 23.5. The molecule has 0 bridgehead atoms. The normalized spacial score (nSPS) is 19.3. The number of aromatic carboxylic acids is 1. The average molecular weight is 456 g/mol. The molecule has 3 N–H and O–H groups in total. The zero-order valence-electron chi connectivity index (χ0n) is 17.7. The van der Waals surface area contributed by atoms with Gasteiger partial charge in [-0.1, -0.05) is 0 Å². The van der Waals surface area contributed by atoms with E-state index in [0.29, 0.717) is 25.8 Å². The lowest BCUT2D eigenvalue weighted by molar-refractivity contribution is -0.136. The Hall–Kier alpha value is -2.82. The molecule has 2 aromatic rings. The van der Waals surface area contributed by atoms with Gasteiger partial charge in [0, 0.05) is 31.9 Å². The number of nitrogen functional groups attached to an aromatic ring is 1. The summed E-state index contributed by atoms with van der Waals surface area (Å²) in [4.78, 5) is 27.6. The lowest BCUT2D eigenvalue weighted by Crippen LogP contribution is -2.30. The second kappa shape index (κ2) is 7.65. The Bertz CT molecular complexity index is 1150. The number of hydrogen-bond donors (Lipinski definition) is 2. The monoisotopic (exact) mass is 456 g/mol. The summed E-state index contributed by atoms with van der Waals surface area (Å²) in [7, 11) is 3.71. The fourth-order valence-corrected chi connectivity index (χ4v) is 4.66. The predicted molar refractivity (Wildman–Crippen MR) is 112 cm³/mol. The number of carboxylic acids is 1. The van der Waals surface area contributed by atoms with Gasteiger partial charge in [0.25, 0.3) is 0 Å². The van der Waals surface area contributed by atoms with Gasteiger partial charge in [0.15, 0.2) is 5.82 Å². The Morgan fingerprint density at radius 3 is 2.47 bits per heavy atom. The summed E-state index contributed by atoms with van der Waals surface area (Å²) in [5.74, 6) is -2.89. The Morgan fingerprint density at radius 1 is 1.28 bits per heavy atom. The molecule has 0 spiro atoms. The molecule has 32 heavy (non-hydrogen) atoms. The summed E-state index contributed by atoms with van der Waals surface area (Å²) < 4.78 is 59.9. The first-order valence-electron chi connectivity index (χ1n) is 10.3. The van der Waals surface area contributed by atoms with E-state index in [0.717, 1.165) is 10.8 Å². The molecule has 1 aliphatic carbocycles. The van der Waals surface area contributed by atoms with Crippen LogP contribution in [-0.4, -0.2) is 54.3 Å². The number of nitrogens with zero attached hydrogens (tertiary/aromatic N) is 3. The summed E-state index contributed by atoms with van der Waals surface area (Å²) in [5.41, 5.74) is 0.711. The van der Waals surface area contributed by atoms with Crippen LogP contribution in [0.2, 0.25) is 0 Å². The van der Waals surface area contributed by atoms with Crippen LogP contribution in [0.5, 0.6) is 0 Å². The lowest BCUT2D eigenvalue weighted by atomic mass is 10.0. The van der Waals surface area contributed by atoms with E-state index in [1.807, 2.05) is 19.0 Å². The van der Waals surface area contributed by atoms with E-state index in [1.165, 1.54) is 4.90 Å². The van der Waals surface area contributed by atoms with Gasteiger partial charge in [0.05, 0.1) is 22.3 Å². The van der Waals surface area contributed by atoms with E-state index in [9.17, 15) is 27.9 Å². The van der Waals surface area contributed by atoms with E-state index in [2.05, 4.69) is 0 Å². The molecule has 2 fully saturated rings. The third kappa shape index (κ3) is 3.68. The van der Waals surface area contributed by atoms with Crippen LogP contribution in [0.1, 0.15) is 41.2 Å². The topological polar surface area (TPSA) is 91.8 Å². The minimum absolute atomic E-state index is 0.0439. The Balaban J connectivity index is 2.05. The fraction of sp³-hybridized carbons (Fsp3) is 0.524. The van der Waals surface area contributed by atoms with Gasteiger partial charge in [-0.05, 0) is 39.3 Å². The minimum atomic E-state index is -4.99. The summed E-state index contributed by atoms with van der Waals surface area (Å²) in [5, 5.41) is 8.66. The van der Waals surface area contributed by atoms with Gasteiger partial charge < -0.3 is 25.2 Å². The van der Waals surface area contributed by atoms with Crippen LogP contribution in [0.25, 0.3) is 10.9 Å². The molecular weight excluding hydrogens is 432 g/mol. The number of nitrogens with two attached hydrogens (primary N) is 1. The average Bonchev–Trinajstić information content (AvgIpc) is 3.42. The first-order chi connectivity index (χ1) is 14.9. The lowest BCUT2D eigenvalue weighted by Gasteiger charge is -2.28. The van der Waals surface area contributed by atoms with Crippen LogP contribution >= 0.6 is 0 Å². The molecule has 1 atom stereocenters. The van der Waals surface area contributed by atoms with Gasteiger partial charge in [-0.15, -0.1) is 0 Å². The van der Waals surface area contributed by atoms with Crippen LogP contribution in [0.3, 0.4) is 0 Å². The van der Waals surface area contributed by atoms with Crippen molar-refractivity contribution in [3.05, 3.63) is 33.4 Å². The highest BCUT2D eigenvalue weighted by molar-refractivity contribution is 6.01. The van der Waals surface area contributed by atoms with Crippen LogP contribution in [0.4, 0.5) is 28.9 Å². The third-order valence-corrected chi connectivity index (χ3v) is 6.10. The predicted octanol–water partition coefficient (Wildman–Crippen LogP) is 3.16. The molecule has 4 rings (SSSR count). The van der Waals surface area contributed by atoms with Gasteiger partial charge >= 0.3 is 12.1 Å². The summed E-state index contributed by atoms with van der Waals surface area (Å²) in [6.45, 7) is 1.06. The number of fused-ring (bicyclic) bond motifs is 1. The van der Waals surface area contributed by atoms with Gasteiger partial charge in [0.1, 0.15) is 11.1 Å². The van der Waals surface area contributed by atoms with Gasteiger partial charge in [0.2, 0.25) is 5.43 Å². The largest absolute Gasteiger partial charge is 0.477 e. The third-order valence-electron chi connectivity index (χ3n) is 6.10. The minimum Gasteiger partial charge on any atom is -0.477 e. The highest BCUT2D eigenvalue weighted by atomic mass is 19.4. The Morgan fingerprint density at radius 2 is 1.94 bits per heavy atom. The number of rotatable bonds is 5. The molecule has 2 heterocycles. The molecule has 2 aliphatic rings. The number of carboxylic acid groups (broad SMARTS) is 1. The van der Waals surface area contributed by atoms with Crippen molar-refractivity contribution in [3.63, 3.8) is 0 Å². The molecule has 0 radical (unpaired) electrons. The standard InChI is InChI=1S/C21H24F4N4O3/c1-27(2)7-10-5-6-28(8-10)18-14(21(23,24)25)17-13(16(26)15(18)22)19(30)12(20(31)32)9-29(17)11-3-4-11/h9-11H,3-8,26H2,1-2H3,(H,31,32). The number of alkyl halides is 3. The number of hydrogen-bond acceptors (Lipinski definition) is 5. The summed E-state index contributed by atoms with van der Waals surface area (Å²) >= 11 is 0. The molecular formula is C21H24F4N4O3. The maximum Gasteiger partial charge on any atom is 0.420 e. The first kappa shape index (κ1) is 22.4. The molecule has 1 saturated carbocycles. The summed E-state index contributed by atoms with van der Waals surface area (Å²) in [6.07, 6.45) is -2.43. The Kier molecular flexibility index (Phi) is 5.35. The van der Waals surface area contributed by atoms with Gasteiger partial charge in [-0.25, -0.2) is 9.18 Å². The van der Waals surface area contributed by atoms with Gasteiger partial charge in [-0.2, -0.15) is 13.2 Å². The van der Waals surface area contributed by atoms with Gasteiger partial charge in [-0.3, -0.25) is 4.79 Å². The first-order valence-corrected chi connectivity index (χ1v) is 10.3. The molecule has 7 nitrogen and oxygen atoms in total. The molecule has 1 aromatic carbocycles. The smallest absolute Gasteiger partial charge is 0.420 e. The van der Waals surface area contributed by atoms with E-state index in [-0.39, 0.29) is 19.0 Å². The number of carbonyl (C=O) groups is 1. The number of halogens is 4. The van der Waals surface area contributed by atoms with Crippen LogP contribution < -0.4 is 16.1 Å². The van der Waals surface area contributed by atoms with Crippen molar-refractivity contribution in [1.82, 2.24) is 9.47 Å². The second-order valence-electron chi connectivity index (χ2n) is 8.85. The number of benzene rings is 1. The zero-order valence-corrected chi connectivity index (χ0v) is 17.7. The molecule has 174 valence electrons. The van der Waals surface area contributed by atoms with Crippen molar-refractivity contribution in [1.29, 1.82) is 0 Å². The fourth-order valence-electron chi connectivity index (χ4n) is 4.66. The molecule has 1 saturated heterocycles. The van der Waals surface area contributed by atoms with E-state index < -0.39 is 62.8 Å². The molecule has 0 amide bonds.